The third-order valence-corrected chi connectivity index (χ3v) is 8.37. The summed E-state index contributed by atoms with van der Waals surface area (Å²) in [5.74, 6) is -0.619. The predicted molar refractivity (Wildman–Crippen MR) is 159 cm³/mol. The van der Waals surface area contributed by atoms with E-state index in [1.165, 1.54) is 44.9 Å². The topological polar surface area (TPSA) is 153 Å². The smallest absolute Gasteiger partial charge is 0.514 e. The van der Waals surface area contributed by atoms with Gasteiger partial charge in [0.2, 0.25) is 0 Å². The molecule has 0 radical (unpaired) electrons. The van der Waals surface area contributed by atoms with Gasteiger partial charge in [-0.15, -0.1) is 0 Å². The summed E-state index contributed by atoms with van der Waals surface area (Å²) < 4.78 is 76.2. The van der Waals surface area contributed by atoms with Gasteiger partial charge in [-0.2, -0.15) is 0 Å². The second-order valence-electron chi connectivity index (χ2n) is 11.2. The highest BCUT2D eigenvalue weighted by Gasteiger charge is 2.24. The first-order valence-corrected chi connectivity index (χ1v) is 18.0. The van der Waals surface area contributed by atoms with E-state index in [1.807, 2.05) is 18.7 Å². The molecule has 0 aliphatic rings. The van der Waals surface area contributed by atoms with E-state index < -0.39 is 43.5 Å². The van der Waals surface area contributed by atoms with Crippen molar-refractivity contribution >= 4 is 32.1 Å². The summed E-state index contributed by atoms with van der Waals surface area (Å²) in [6.07, 6.45) is 12.2. The molecular weight excluding hydrogens is 570 g/mol. The molecule has 10 nitrogen and oxygen atoms in total. The fourth-order valence-corrected chi connectivity index (χ4v) is 5.63. The van der Waals surface area contributed by atoms with Crippen LogP contribution in [0.3, 0.4) is 0 Å². The first kappa shape index (κ1) is 37.1. The average molecular weight is 620 g/mol. The van der Waals surface area contributed by atoms with Gasteiger partial charge in [0.1, 0.15) is 11.4 Å². The molecule has 0 fully saturated rings. The van der Waals surface area contributed by atoms with Crippen LogP contribution in [-0.2, 0) is 25.0 Å². The highest BCUT2D eigenvalue weighted by atomic mass is 32.2. The molecule has 0 N–H and O–H groups in total. The monoisotopic (exact) mass is 619 g/mol. The normalized spacial score (nSPS) is 12.3. The summed E-state index contributed by atoms with van der Waals surface area (Å²) >= 11 is 0. The van der Waals surface area contributed by atoms with Crippen molar-refractivity contribution in [1.82, 2.24) is 0 Å². The van der Waals surface area contributed by atoms with Crippen LogP contribution in [0, 0.1) is 0 Å². The lowest BCUT2D eigenvalue weighted by molar-refractivity contribution is 0.00275. The minimum absolute atomic E-state index is 0.194. The molecule has 1 aromatic rings. The van der Waals surface area contributed by atoms with Gasteiger partial charge >= 0.3 is 6.16 Å². The van der Waals surface area contributed by atoms with E-state index in [0.717, 1.165) is 24.9 Å². The Morgan fingerprint density at radius 1 is 0.732 bits per heavy atom. The van der Waals surface area contributed by atoms with E-state index in [1.54, 1.807) is 24.3 Å². The highest BCUT2D eigenvalue weighted by Crippen LogP contribution is 2.24. The molecule has 0 atom stereocenters. The van der Waals surface area contributed by atoms with E-state index in [9.17, 15) is 30.7 Å². The number of rotatable bonds is 23. The predicted octanol–water partition coefficient (Wildman–Crippen LogP) is 6.36. The molecule has 0 spiro atoms. The average Bonchev–Trinajstić information content (AvgIpc) is 2.85. The van der Waals surface area contributed by atoms with Crippen molar-refractivity contribution in [1.29, 1.82) is 0 Å². The Hall–Kier alpha value is -1.89. The Morgan fingerprint density at radius 2 is 1.20 bits per heavy atom. The van der Waals surface area contributed by atoms with Gasteiger partial charge in [-0.05, 0) is 76.6 Å². The number of unbranched alkanes of at least 4 members (excludes halogenated alkanes) is 10. The van der Waals surface area contributed by atoms with Crippen molar-refractivity contribution in [2.24, 2.45) is 0 Å². The molecule has 0 aliphatic carbocycles. The van der Waals surface area contributed by atoms with Gasteiger partial charge in [0.25, 0.3) is 0 Å². The molecule has 0 amide bonds. The lowest BCUT2D eigenvalue weighted by atomic mass is 9.99. The van der Waals surface area contributed by atoms with Gasteiger partial charge in [0.05, 0.1) is 20.2 Å². The largest absolute Gasteiger partial charge is 0.748 e. The van der Waals surface area contributed by atoms with Crippen LogP contribution in [0.15, 0.2) is 24.3 Å². The van der Waals surface area contributed by atoms with Crippen molar-refractivity contribution in [3.8, 4) is 5.75 Å². The molecule has 1 aromatic carbocycles. The molecule has 0 aromatic heterocycles. The summed E-state index contributed by atoms with van der Waals surface area (Å²) in [5.41, 5.74) is 0.0933. The number of ether oxygens (including phenoxy) is 2. The number of carbonyl (C=O) groups is 1. The lowest BCUT2D eigenvalue weighted by Crippen LogP contribution is -2.29. The van der Waals surface area contributed by atoms with Crippen molar-refractivity contribution in [3.63, 3.8) is 0 Å². The molecule has 0 bridgehead atoms. The minimum atomic E-state index is -4.30. The molecule has 0 unspecified atom stereocenters. The first-order valence-electron chi connectivity index (χ1n) is 14.8. The Labute approximate surface area is 247 Å². The van der Waals surface area contributed by atoms with Crippen LogP contribution >= 0.6 is 0 Å². The molecule has 1 rings (SSSR count). The molecule has 41 heavy (non-hydrogen) atoms. The van der Waals surface area contributed by atoms with E-state index in [0.29, 0.717) is 31.7 Å². The fraction of sp³-hybridized carbons (Fsp3) is 0.759. The second-order valence-corrected chi connectivity index (χ2v) is 14.3. The van der Waals surface area contributed by atoms with Gasteiger partial charge in [-0.25, -0.2) is 21.6 Å². The standard InChI is InChI=1S/C29H51NO9S2/c1-4-5-6-7-8-9-10-11-12-21-29(2,3)39-28(31)38-27-19-17-26(18-20-27)30(22-13-15-24-40(32,33)34)23-14-16-25-41(35,36)37/h17-20H,4-16,21-25H2,1-3H3,(H,32,33,34)(H,35,36,37)/p-2. The molecular formula is C29H49NO9S2-2. The van der Waals surface area contributed by atoms with Gasteiger partial charge in [0.15, 0.2) is 0 Å². The van der Waals surface area contributed by atoms with Crippen molar-refractivity contribution in [3.05, 3.63) is 24.3 Å². The van der Waals surface area contributed by atoms with Crippen LogP contribution in [0.25, 0.3) is 0 Å². The van der Waals surface area contributed by atoms with Crippen LogP contribution in [0.5, 0.6) is 5.75 Å². The Bertz CT molecular complexity index is 1030. The summed E-state index contributed by atoms with van der Waals surface area (Å²) in [6.45, 7) is 6.81. The molecule has 12 heteroatoms. The number of nitrogens with zero attached hydrogens (tertiary/aromatic N) is 1. The Balaban J connectivity index is 2.55. The highest BCUT2D eigenvalue weighted by molar-refractivity contribution is 7.85. The lowest BCUT2D eigenvalue weighted by Gasteiger charge is -2.26. The quantitative estimate of drug-likeness (QED) is 0.0585. The fourth-order valence-electron chi connectivity index (χ4n) is 4.51. The molecule has 0 saturated carbocycles. The number of hydrogen-bond donors (Lipinski definition) is 0. The van der Waals surface area contributed by atoms with Crippen LogP contribution < -0.4 is 9.64 Å². The summed E-state index contributed by atoms with van der Waals surface area (Å²) in [5, 5.41) is 0. The maximum absolute atomic E-state index is 12.4. The minimum Gasteiger partial charge on any atom is -0.748 e. The number of benzene rings is 1. The zero-order chi connectivity index (χ0) is 30.8. The number of anilines is 1. The summed E-state index contributed by atoms with van der Waals surface area (Å²) in [4.78, 5) is 14.3. The van der Waals surface area contributed by atoms with Crippen molar-refractivity contribution in [2.45, 2.75) is 116 Å². The molecule has 0 saturated heterocycles. The Kier molecular flexibility index (Phi) is 17.5. The third-order valence-electron chi connectivity index (χ3n) is 6.79. The van der Waals surface area contributed by atoms with Crippen LogP contribution in [-0.4, -0.2) is 62.3 Å². The Morgan fingerprint density at radius 3 is 1.66 bits per heavy atom. The van der Waals surface area contributed by atoms with E-state index in [-0.39, 0.29) is 12.8 Å². The second kappa shape index (κ2) is 19.3. The third kappa shape index (κ3) is 20.6. The van der Waals surface area contributed by atoms with Gasteiger partial charge < -0.3 is 23.5 Å². The van der Waals surface area contributed by atoms with Crippen LogP contribution in [0.2, 0.25) is 0 Å². The van der Waals surface area contributed by atoms with Crippen LogP contribution in [0.4, 0.5) is 10.5 Å². The summed E-state index contributed by atoms with van der Waals surface area (Å²) in [7, 11) is -8.60. The molecule has 238 valence electrons. The summed E-state index contributed by atoms with van der Waals surface area (Å²) in [6, 6.07) is 6.68. The van der Waals surface area contributed by atoms with E-state index >= 15 is 0 Å². The zero-order valence-electron chi connectivity index (χ0n) is 25.0. The van der Waals surface area contributed by atoms with Gasteiger partial charge in [0, 0.05) is 30.3 Å². The zero-order valence-corrected chi connectivity index (χ0v) is 26.6. The maximum Gasteiger partial charge on any atom is 0.514 e. The maximum atomic E-state index is 12.4. The number of hydrogen-bond acceptors (Lipinski definition) is 10. The van der Waals surface area contributed by atoms with Crippen LogP contribution in [0.1, 0.15) is 111 Å². The number of carbonyl (C=O) groups excluding carboxylic acids is 1. The van der Waals surface area contributed by atoms with Gasteiger partial charge in [-0.3, -0.25) is 0 Å². The molecule has 0 aliphatic heterocycles. The van der Waals surface area contributed by atoms with E-state index in [4.69, 9.17) is 9.47 Å². The van der Waals surface area contributed by atoms with Crippen molar-refractivity contribution in [2.75, 3.05) is 29.5 Å². The van der Waals surface area contributed by atoms with Crippen molar-refractivity contribution < 1.29 is 40.2 Å². The first-order chi connectivity index (χ1) is 19.2. The SMILES string of the molecule is CCCCCCCCCCCC(C)(C)OC(=O)Oc1ccc(N(CCCCS(=O)(=O)[O-])CCCCS(=O)(=O)[O-])cc1. The molecule has 0 heterocycles. The van der Waals surface area contributed by atoms with Gasteiger partial charge in [-0.1, -0.05) is 58.3 Å². The van der Waals surface area contributed by atoms with E-state index in [2.05, 4.69) is 6.92 Å².